The Morgan fingerprint density at radius 1 is 1.18 bits per heavy atom. The molecule has 142 valence electrons. The largest absolute Gasteiger partial charge is 0.462 e. The Hall–Kier alpha value is -3.61. The highest BCUT2D eigenvalue weighted by atomic mass is 19.1. The second-order valence-corrected chi connectivity index (χ2v) is 6.21. The second kappa shape index (κ2) is 6.84. The first kappa shape index (κ1) is 17.8. The summed E-state index contributed by atoms with van der Waals surface area (Å²) in [5.41, 5.74) is 6.31. The Bertz CT molecular complexity index is 1160. The lowest BCUT2D eigenvalue weighted by Crippen LogP contribution is -2.31. The van der Waals surface area contributed by atoms with Crippen LogP contribution < -0.4 is 16.1 Å². The standard InChI is InChI=1S/C21H16FNO5/c1-2-26-20(24)17-15(11-7-9-12(22)10-8-11)16-18(28-19(17)23)13-5-3-4-6-14(13)27-21(16)25/h3-10,15H,2,23H2,1H3. The molecule has 28 heavy (non-hydrogen) atoms. The number of benzene rings is 2. The molecule has 0 spiro atoms. The zero-order valence-corrected chi connectivity index (χ0v) is 14.9. The highest BCUT2D eigenvalue weighted by molar-refractivity contribution is 5.94. The monoisotopic (exact) mass is 381 g/mol. The van der Waals surface area contributed by atoms with E-state index in [2.05, 4.69) is 0 Å². The molecule has 2 N–H and O–H groups in total. The first-order valence-corrected chi connectivity index (χ1v) is 8.67. The molecule has 1 aliphatic rings. The lowest BCUT2D eigenvalue weighted by molar-refractivity contribution is -0.139. The topological polar surface area (TPSA) is 91.8 Å². The minimum Gasteiger partial charge on any atom is -0.462 e. The molecular formula is C21H16FNO5. The summed E-state index contributed by atoms with van der Waals surface area (Å²) >= 11 is 0. The van der Waals surface area contributed by atoms with Gasteiger partial charge in [0.25, 0.3) is 0 Å². The highest BCUT2D eigenvalue weighted by Crippen LogP contribution is 2.43. The van der Waals surface area contributed by atoms with E-state index in [9.17, 15) is 14.0 Å². The van der Waals surface area contributed by atoms with Crippen molar-refractivity contribution in [2.75, 3.05) is 6.61 Å². The molecule has 1 atom stereocenters. The molecule has 0 saturated carbocycles. The summed E-state index contributed by atoms with van der Waals surface area (Å²) in [5, 5.41) is 0.537. The number of para-hydroxylation sites is 1. The van der Waals surface area contributed by atoms with E-state index in [-0.39, 0.29) is 29.4 Å². The maximum atomic E-state index is 13.5. The predicted octanol–water partition coefficient (Wildman–Crippen LogP) is 3.19. The number of ether oxygens (including phenoxy) is 2. The average Bonchev–Trinajstić information content (AvgIpc) is 2.68. The molecule has 1 aliphatic heterocycles. The van der Waals surface area contributed by atoms with E-state index in [0.717, 1.165) is 0 Å². The second-order valence-electron chi connectivity index (χ2n) is 6.21. The minimum absolute atomic E-state index is 0.0245. The number of hydrogen-bond donors (Lipinski definition) is 1. The Kier molecular flexibility index (Phi) is 4.35. The predicted molar refractivity (Wildman–Crippen MR) is 99.2 cm³/mol. The number of halogens is 1. The molecule has 3 aromatic rings. The molecule has 0 bridgehead atoms. The van der Waals surface area contributed by atoms with Crippen molar-refractivity contribution in [1.29, 1.82) is 0 Å². The molecule has 2 aromatic carbocycles. The number of nitrogens with two attached hydrogens (primary N) is 1. The van der Waals surface area contributed by atoms with Crippen LogP contribution in [0.1, 0.15) is 24.0 Å². The van der Waals surface area contributed by atoms with Gasteiger partial charge in [-0.05, 0) is 36.8 Å². The quantitative estimate of drug-likeness (QED) is 0.553. The molecule has 1 aromatic heterocycles. The van der Waals surface area contributed by atoms with E-state index in [0.29, 0.717) is 16.5 Å². The molecule has 0 fully saturated rings. The minimum atomic E-state index is -0.913. The van der Waals surface area contributed by atoms with Gasteiger partial charge in [0.1, 0.15) is 17.0 Å². The average molecular weight is 381 g/mol. The van der Waals surface area contributed by atoms with Crippen LogP contribution in [0.2, 0.25) is 0 Å². The Labute approximate surface area is 159 Å². The summed E-state index contributed by atoms with van der Waals surface area (Å²) in [4.78, 5) is 25.4. The van der Waals surface area contributed by atoms with Gasteiger partial charge in [-0.15, -0.1) is 0 Å². The molecule has 0 radical (unpaired) electrons. The van der Waals surface area contributed by atoms with Gasteiger partial charge in [-0.2, -0.15) is 0 Å². The third-order valence-electron chi connectivity index (χ3n) is 4.55. The Morgan fingerprint density at radius 3 is 2.61 bits per heavy atom. The normalized spacial score (nSPS) is 15.9. The van der Waals surface area contributed by atoms with Gasteiger partial charge < -0.3 is 19.6 Å². The van der Waals surface area contributed by atoms with Gasteiger partial charge in [0.2, 0.25) is 5.88 Å². The maximum absolute atomic E-state index is 13.5. The van der Waals surface area contributed by atoms with Gasteiger partial charge in [-0.25, -0.2) is 14.0 Å². The molecule has 0 saturated heterocycles. The van der Waals surface area contributed by atoms with Crippen LogP contribution in [0.5, 0.6) is 5.75 Å². The number of carbonyl (C=O) groups is 1. The summed E-state index contributed by atoms with van der Waals surface area (Å²) in [6, 6.07) is 12.3. The number of rotatable bonds is 3. The van der Waals surface area contributed by atoms with Gasteiger partial charge in [-0.3, -0.25) is 0 Å². The first-order valence-electron chi connectivity index (χ1n) is 8.67. The summed E-state index contributed by atoms with van der Waals surface area (Å²) < 4.78 is 29.7. The summed E-state index contributed by atoms with van der Waals surface area (Å²) in [7, 11) is 0. The van der Waals surface area contributed by atoms with E-state index < -0.39 is 23.3 Å². The van der Waals surface area contributed by atoms with E-state index in [1.165, 1.54) is 24.3 Å². The molecule has 2 heterocycles. The fourth-order valence-electron chi connectivity index (χ4n) is 3.36. The molecule has 0 amide bonds. The Morgan fingerprint density at radius 2 is 1.89 bits per heavy atom. The van der Waals surface area contributed by atoms with Crippen molar-refractivity contribution in [3.63, 3.8) is 0 Å². The van der Waals surface area contributed by atoms with Crippen LogP contribution in [-0.2, 0) is 9.53 Å². The molecule has 7 heteroatoms. The van der Waals surface area contributed by atoms with Gasteiger partial charge in [-0.1, -0.05) is 24.3 Å². The molecule has 6 nitrogen and oxygen atoms in total. The third-order valence-corrected chi connectivity index (χ3v) is 4.55. The van der Waals surface area contributed by atoms with Gasteiger partial charge in [0, 0.05) is 0 Å². The fourth-order valence-corrected chi connectivity index (χ4v) is 3.36. The van der Waals surface area contributed by atoms with Gasteiger partial charge in [0.05, 0.1) is 23.5 Å². The van der Waals surface area contributed by atoms with Crippen LogP contribution in [0.25, 0.3) is 11.0 Å². The lowest BCUT2D eigenvalue weighted by atomic mass is 9.83. The highest BCUT2D eigenvalue weighted by Gasteiger charge is 2.39. The van der Waals surface area contributed by atoms with Crippen molar-refractivity contribution in [2.45, 2.75) is 12.8 Å². The molecule has 0 aliphatic carbocycles. The van der Waals surface area contributed by atoms with Gasteiger partial charge in [0.15, 0.2) is 5.75 Å². The van der Waals surface area contributed by atoms with E-state index >= 15 is 0 Å². The van der Waals surface area contributed by atoms with Crippen LogP contribution in [0.3, 0.4) is 0 Å². The fraction of sp³-hybridized carbons (Fsp3) is 0.143. The molecular weight excluding hydrogens is 365 g/mol. The van der Waals surface area contributed by atoms with E-state index in [4.69, 9.17) is 19.6 Å². The van der Waals surface area contributed by atoms with E-state index in [1.807, 2.05) is 0 Å². The summed E-state index contributed by atoms with van der Waals surface area (Å²) in [6.07, 6.45) is 0. The van der Waals surface area contributed by atoms with Gasteiger partial charge >= 0.3 is 11.6 Å². The van der Waals surface area contributed by atoms with Crippen molar-refractivity contribution in [3.8, 4) is 5.75 Å². The maximum Gasteiger partial charge on any atom is 0.344 e. The Balaban J connectivity index is 2.03. The van der Waals surface area contributed by atoms with Crippen LogP contribution in [0.4, 0.5) is 4.39 Å². The van der Waals surface area contributed by atoms with Crippen LogP contribution in [0, 0.1) is 5.82 Å². The number of esters is 1. The van der Waals surface area contributed by atoms with Crippen LogP contribution in [0.15, 0.2) is 69.2 Å². The smallest absolute Gasteiger partial charge is 0.344 e. The number of hydrogen-bond acceptors (Lipinski definition) is 6. The first-order chi connectivity index (χ1) is 13.5. The summed E-state index contributed by atoms with van der Waals surface area (Å²) in [6.45, 7) is 1.77. The van der Waals surface area contributed by atoms with Crippen LogP contribution in [-0.4, -0.2) is 12.6 Å². The van der Waals surface area contributed by atoms with Crippen LogP contribution >= 0.6 is 0 Å². The SMILES string of the molecule is CCOC(=O)C1=C(N)Oc2c(c(=O)oc3ccccc23)C1c1ccc(F)cc1. The van der Waals surface area contributed by atoms with Crippen molar-refractivity contribution in [1.82, 2.24) is 0 Å². The zero-order valence-electron chi connectivity index (χ0n) is 14.9. The van der Waals surface area contributed by atoms with Crippen molar-refractivity contribution >= 4 is 16.9 Å². The number of fused-ring (bicyclic) bond motifs is 3. The number of carbonyl (C=O) groups excluding carboxylic acids is 1. The molecule has 4 rings (SSSR count). The van der Waals surface area contributed by atoms with Crippen molar-refractivity contribution < 1.29 is 23.1 Å². The van der Waals surface area contributed by atoms with Crippen molar-refractivity contribution in [3.05, 3.63) is 87.4 Å². The van der Waals surface area contributed by atoms with E-state index in [1.54, 1.807) is 31.2 Å². The van der Waals surface area contributed by atoms with Crippen molar-refractivity contribution in [2.24, 2.45) is 5.73 Å². The lowest BCUT2D eigenvalue weighted by Gasteiger charge is -2.27. The zero-order chi connectivity index (χ0) is 19.8. The summed E-state index contributed by atoms with van der Waals surface area (Å²) in [5.74, 6) is -2.03. The molecule has 1 unspecified atom stereocenters. The third kappa shape index (κ3) is 2.81.